The number of carbonyl (C=O) groups excluding carboxylic acids is 2. The maximum Gasteiger partial charge on any atom is 0.326 e. The highest BCUT2D eigenvalue weighted by molar-refractivity contribution is 6.07. The molecular weight excluding hydrogens is 354 g/mol. The molecule has 6 nitrogen and oxygen atoms in total. The molecule has 1 saturated heterocycles. The molecule has 1 heterocycles. The van der Waals surface area contributed by atoms with Crippen LogP contribution in [0.25, 0.3) is 0 Å². The van der Waals surface area contributed by atoms with Crippen LogP contribution in [0.15, 0.2) is 24.3 Å². The van der Waals surface area contributed by atoms with Gasteiger partial charge in [-0.3, -0.25) is 9.69 Å². The zero-order valence-electron chi connectivity index (χ0n) is 17.7. The van der Waals surface area contributed by atoms with E-state index in [1.54, 1.807) is 0 Å². The molecular formula is C22H33N3O3. The fourth-order valence-corrected chi connectivity index (χ4v) is 5.10. The third kappa shape index (κ3) is 4.32. The lowest BCUT2D eigenvalue weighted by Gasteiger charge is -2.43. The number of hydrogen-bond donors (Lipinski definition) is 1. The maximum atomic E-state index is 13.2. The normalized spacial score (nSPS) is 26.8. The second kappa shape index (κ2) is 7.74. The first-order valence-corrected chi connectivity index (χ1v) is 10.2. The Morgan fingerprint density at radius 2 is 1.89 bits per heavy atom. The van der Waals surface area contributed by atoms with Gasteiger partial charge >= 0.3 is 6.03 Å². The predicted molar refractivity (Wildman–Crippen MR) is 109 cm³/mol. The highest BCUT2D eigenvalue weighted by Crippen LogP contribution is 2.46. The van der Waals surface area contributed by atoms with E-state index in [1.165, 1.54) is 4.90 Å². The molecule has 1 N–H and O–H groups in total. The summed E-state index contributed by atoms with van der Waals surface area (Å²) in [5.74, 6) is 1.18. The number of hydrogen-bond acceptors (Lipinski definition) is 4. The molecule has 6 heteroatoms. The molecule has 2 atom stereocenters. The number of rotatable bonds is 6. The second-order valence-corrected chi connectivity index (χ2v) is 9.33. The van der Waals surface area contributed by atoms with Gasteiger partial charge in [0, 0.05) is 6.54 Å². The summed E-state index contributed by atoms with van der Waals surface area (Å²) in [7, 11) is 1.93. The Balaban J connectivity index is 1.65. The van der Waals surface area contributed by atoms with Gasteiger partial charge in [0.15, 0.2) is 0 Å². The molecule has 28 heavy (non-hydrogen) atoms. The van der Waals surface area contributed by atoms with E-state index in [9.17, 15) is 9.59 Å². The first kappa shape index (κ1) is 20.6. The smallest absolute Gasteiger partial charge is 0.326 e. The Bertz CT molecular complexity index is 731. The minimum Gasteiger partial charge on any atom is -0.494 e. The molecule has 3 amide bonds. The van der Waals surface area contributed by atoms with Crippen molar-refractivity contribution in [1.29, 1.82) is 0 Å². The monoisotopic (exact) mass is 387 g/mol. The van der Waals surface area contributed by atoms with Gasteiger partial charge in [0.1, 0.15) is 11.3 Å². The molecule has 1 aliphatic carbocycles. The molecule has 2 unspecified atom stereocenters. The molecule has 0 bridgehead atoms. The van der Waals surface area contributed by atoms with Crippen LogP contribution in [0.3, 0.4) is 0 Å². The van der Waals surface area contributed by atoms with Crippen molar-refractivity contribution in [2.75, 3.05) is 20.3 Å². The topological polar surface area (TPSA) is 61.9 Å². The lowest BCUT2D eigenvalue weighted by Crippen LogP contribution is -2.54. The average Bonchev–Trinajstić information content (AvgIpc) is 2.78. The third-order valence-electron chi connectivity index (χ3n) is 5.69. The lowest BCUT2D eigenvalue weighted by molar-refractivity contribution is -0.136. The number of carbonyl (C=O) groups is 2. The third-order valence-corrected chi connectivity index (χ3v) is 5.69. The fourth-order valence-electron chi connectivity index (χ4n) is 5.10. The van der Waals surface area contributed by atoms with Gasteiger partial charge in [-0.05, 0) is 62.3 Å². The molecule has 2 aliphatic rings. The Labute approximate surface area is 168 Å². The summed E-state index contributed by atoms with van der Waals surface area (Å²) >= 11 is 0. The highest BCUT2D eigenvalue weighted by atomic mass is 16.5. The van der Waals surface area contributed by atoms with E-state index in [1.807, 2.05) is 43.1 Å². The molecule has 2 fully saturated rings. The molecule has 1 spiro atoms. The van der Waals surface area contributed by atoms with Crippen molar-refractivity contribution < 1.29 is 14.3 Å². The number of benzene rings is 1. The van der Waals surface area contributed by atoms with Crippen LogP contribution in [0.5, 0.6) is 5.75 Å². The van der Waals surface area contributed by atoms with E-state index in [0.717, 1.165) is 24.2 Å². The second-order valence-electron chi connectivity index (χ2n) is 9.33. The van der Waals surface area contributed by atoms with Gasteiger partial charge in [-0.2, -0.15) is 0 Å². The largest absolute Gasteiger partial charge is 0.494 e. The molecule has 1 aromatic rings. The zero-order valence-corrected chi connectivity index (χ0v) is 17.7. The summed E-state index contributed by atoms with van der Waals surface area (Å²) < 4.78 is 5.47. The van der Waals surface area contributed by atoms with Crippen LogP contribution >= 0.6 is 0 Å². The van der Waals surface area contributed by atoms with Gasteiger partial charge in [-0.1, -0.05) is 32.9 Å². The van der Waals surface area contributed by atoms with Crippen LogP contribution in [0.1, 0.15) is 52.5 Å². The minimum absolute atomic E-state index is 0.0465. The van der Waals surface area contributed by atoms with Crippen molar-refractivity contribution in [3.63, 3.8) is 0 Å². The summed E-state index contributed by atoms with van der Waals surface area (Å²) in [5, 5.41) is 3.04. The van der Waals surface area contributed by atoms with E-state index in [2.05, 4.69) is 26.1 Å². The molecule has 0 radical (unpaired) electrons. The molecule has 1 aliphatic heterocycles. The van der Waals surface area contributed by atoms with Crippen molar-refractivity contribution in [1.82, 2.24) is 15.1 Å². The number of nitrogens with one attached hydrogen (secondary N) is 1. The van der Waals surface area contributed by atoms with Crippen LogP contribution in [0, 0.1) is 11.3 Å². The highest BCUT2D eigenvalue weighted by Gasteiger charge is 2.56. The molecule has 1 saturated carbocycles. The molecule has 0 aromatic heterocycles. The van der Waals surface area contributed by atoms with E-state index in [0.29, 0.717) is 25.5 Å². The van der Waals surface area contributed by atoms with Gasteiger partial charge in [0.25, 0.3) is 5.91 Å². The molecule has 3 rings (SSSR count). The van der Waals surface area contributed by atoms with E-state index >= 15 is 0 Å². The summed E-state index contributed by atoms with van der Waals surface area (Å²) in [6.45, 7) is 10.1. The van der Waals surface area contributed by atoms with Crippen LogP contribution < -0.4 is 10.1 Å². The van der Waals surface area contributed by atoms with Crippen molar-refractivity contribution >= 4 is 11.9 Å². The van der Waals surface area contributed by atoms with Gasteiger partial charge in [0.05, 0.1) is 13.3 Å². The standard InChI is InChI=1S/C22H33N3O3/c1-6-28-18-9-7-17(8-10-18)13-24(5)15-25-19(26)22(23-20(25)27)12-16(2)11-21(3,4)14-22/h7-10,16H,6,11-15H2,1-5H3,(H,23,27). The van der Waals surface area contributed by atoms with E-state index in [-0.39, 0.29) is 24.0 Å². The zero-order chi connectivity index (χ0) is 20.5. The first-order chi connectivity index (χ1) is 13.1. The Morgan fingerprint density at radius 1 is 1.21 bits per heavy atom. The number of imide groups is 1. The number of nitrogens with zero attached hydrogens (tertiary/aromatic N) is 2. The predicted octanol–water partition coefficient (Wildman–Crippen LogP) is 3.61. The number of ether oxygens (including phenoxy) is 1. The average molecular weight is 388 g/mol. The van der Waals surface area contributed by atoms with Crippen LogP contribution in [-0.2, 0) is 11.3 Å². The summed E-state index contributed by atoms with van der Waals surface area (Å²) in [6.07, 6.45) is 2.50. The SMILES string of the molecule is CCOc1ccc(CN(C)CN2C(=O)NC3(CC(C)CC(C)(C)C3)C2=O)cc1. The molecule has 154 valence electrons. The summed E-state index contributed by atoms with van der Waals surface area (Å²) in [4.78, 5) is 29.2. The Hall–Kier alpha value is -2.08. The van der Waals surface area contributed by atoms with Crippen molar-refractivity contribution in [3.8, 4) is 5.75 Å². The van der Waals surface area contributed by atoms with Gasteiger partial charge in [-0.25, -0.2) is 9.69 Å². The van der Waals surface area contributed by atoms with Crippen LogP contribution in [0.2, 0.25) is 0 Å². The summed E-state index contributed by atoms with van der Waals surface area (Å²) in [5.41, 5.74) is 0.420. The first-order valence-electron chi connectivity index (χ1n) is 10.2. The summed E-state index contributed by atoms with van der Waals surface area (Å²) in [6, 6.07) is 7.65. The minimum atomic E-state index is -0.738. The lowest BCUT2D eigenvalue weighted by atomic mass is 9.64. The van der Waals surface area contributed by atoms with E-state index < -0.39 is 5.54 Å². The fraction of sp³-hybridized carbons (Fsp3) is 0.636. The van der Waals surface area contributed by atoms with Gasteiger partial charge < -0.3 is 10.1 Å². The van der Waals surface area contributed by atoms with Crippen molar-refractivity contribution in [3.05, 3.63) is 29.8 Å². The van der Waals surface area contributed by atoms with Gasteiger partial charge in [0.2, 0.25) is 0 Å². The number of urea groups is 1. The van der Waals surface area contributed by atoms with Gasteiger partial charge in [-0.15, -0.1) is 0 Å². The quantitative estimate of drug-likeness (QED) is 0.758. The van der Waals surface area contributed by atoms with Crippen molar-refractivity contribution in [2.45, 2.75) is 59.0 Å². The number of amides is 3. The molecule has 1 aromatic carbocycles. The van der Waals surface area contributed by atoms with Crippen molar-refractivity contribution in [2.24, 2.45) is 11.3 Å². The van der Waals surface area contributed by atoms with E-state index in [4.69, 9.17) is 4.74 Å². The Morgan fingerprint density at radius 3 is 2.50 bits per heavy atom. The van der Waals surface area contributed by atoms with Crippen LogP contribution in [0.4, 0.5) is 4.79 Å². The maximum absolute atomic E-state index is 13.2. The van der Waals surface area contributed by atoms with Crippen LogP contribution in [-0.4, -0.2) is 47.6 Å². The Kier molecular flexibility index (Phi) is 5.71.